The topological polar surface area (TPSA) is 89.8 Å². The van der Waals surface area contributed by atoms with Crippen molar-refractivity contribution in [3.8, 4) is 10.6 Å². The van der Waals surface area contributed by atoms with Gasteiger partial charge in [0.05, 0.1) is 38.8 Å². The van der Waals surface area contributed by atoms with Gasteiger partial charge in [0.2, 0.25) is 0 Å². The van der Waals surface area contributed by atoms with Crippen molar-refractivity contribution in [2.24, 2.45) is 0 Å². The molecule has 0 bridgehead atoms. The molecule has 0 unspecified atom stereocenters. The Hall–Kier alpha value is -2.91. The highest BCUT2D eigenvalue weighted by Gasteiger charge is 2.20. The van der Waals surface area contributed by atoms with E-state index in [1.54, 1.807) is 28.3 Å². The number of aromatic nitrogens is 4. The first-order valence-electron chi connectivity index (χ1n) is 8.64. The number of anilines is 1. The predicted molar refractivity (Wildman–Crippen MR) is 111 cm³/mol. The molecule has 4 aromatic rings. The summed E-state index contributed by atoms with van der Waals surface area (Å²) < 4.78 is 1.81. The molecule has 4 aromatic heterocycles. The van der Waals surface area contributed by atoms with Gasteiger partial charge in [-0.2, -0.15) is 5.10 Å². The summed E-state index contributed by atoms with van der Waals surface area (Å²) in [5, 5.41) is 10.2. The average Bonchev–Trinajstić information content (AvgIpc) is 3.40. The fraction of sp³-hybridized carbons (Fsp3) is 0.211. The van der Waals surface area contributed by atoms with Gasteiger partial charge in [-0.15, -0.1) is 11.3 Å². The first kappa shape index (κ1) is 18.5. The third-order valence-electron chi connectivity index (χ3n) is 4.15. The largest absolute Gasteiger partial charge is 0.298 e. The molecule has 0 fully saturated rings. The summed E-state index contributed by atoms with van der Waals surface area (Å²) in [6.07, 6.45) is 3.14. The van der Waals surface area contributed by atoms with E-state index in [4.69, 9.17) is 4.98 Å². The Kier molecular flexibility index (Phi) is 4.78. The summed E-state index contributed by atoms with van der Waals surface area (Å²) in [4.78, 5) is 34.8. The smallest absolute Gasteiger partial charge is 0.258 e. The van der Waals surface area contributed by atoms with Crippen LogP contribution in [0.2, 0.25) is 0 Å². The highest BCUT2D eigenvalue weighted by atomic mass is 32.1. The molecule has 1 N–H and O–H groups in total. The Morgan fingerprint density at radius 1 is 1.25 bits per heavy atom. The van der Waals surface area contributed by atoms with Gasteiger partial charge in [-0.1, -0.05) is 17.4 Å². The number of nitrogens with one attached hydrogen (secondary N) is 1. The second-order valence-electron chi connectivity index (χ2n) is 6.49. The van der Waals surface area contributed by atoms with Gasteiger partial charge in [0.25, 0.3) is 5.91 Å². The molecule has 0 atom stereocenters. The maximum Gasteiger partial charge on any atom is 0.258 e. The molecule has 4 heterocycles. The number of hydrogen-bond donors (Lipinski definition) is 1. The summed E-state index contributed by atoms with van der Waals surface area (Å²) in [6, 6.07) is 5.80. The van der Waals surface area contributed by atoms with E-state index in [9.17, 15) is 9.59 Å². The number of pyridine rings is 1. The highest BCUT2D eigenvalue weighted by Crippen LogP contribution is 2.29. The van der Waals surface area contributed by atoms with Crippen LogP contribution in [0, 0.1) is 0 Å². The zero-order valence-electron chi connectivity index (χ0n) is 15.5. The average molecular weight is 412 g/mol. The first-order chi connectivity index (χ1) is 13.4. The number of carbonyl (C=O) groups is 2. The second kappa shape index (κ2) is 7.25. The number of amides is 1. The van der Waals surface area contributed by atoms with Gasteiger partial charge >= 0.3 is 0 Å². The summed E-state index contributed by atoms with van der Waals surface area (Å²) in [7, 11) is 0. The van der Waals surface area contributed by atoms with E-state index in [1.165, 1.54) is 13.1 Å². The Balaban J connectivity index is 1.80. The van der Waals surface area contributed by atoms with E-state index in [-0.39, 0.29) is 17.7 Å². The summed E-state index contributed by atoms with van der Waals surface area (Å²) in [5.41, 5.74) is 1.85. The van der Waals surface area contributed by atoms with Gasteiger partial charge < -0.3 is 0 Å². The second-order valence-corrected chi connectivity index (χ2v) is 8.47. The lowest BCUT2D eigenvalue weighted by Crippen LogP contribution is -2.13. The van der Waals surface area contributed by atoms with Crippen LogP contribution >= 0.6 is 22.7 Å². The molecule has 0 radical (unpaired) electrons. The van der Waals surface area contributed by atoms with Crippen LogP contribution in [-0.2, 0) is 0 Å². The molecule has 0 saturated heterocycles. The van der Waals surface area contributed by atoms with Crippen molar-refractivity contribution in [2.75, 3.05) is 5.32 Å². The van der Waals surface area contributed by atoms with Crippen LogP contribution in [0.25, 0.3) is 21.6 Å². The van der Waals surface area contributed by atoms with Crippen molar-refractivity contribution in [3.63, 3.8) is 0 Å². The van der Waals surface area contributed by atoms with E-state index in [0.717, 1.165) is 21.9 Å². The lowest BCUT2D eigenvalue weighted by Gasteiger charge is -2.09. The van der Waals surface area contributed by atoms with Crippen LogP contribution in [0.1, 0.15) is 46.8 Å². The fourth-order valence-electron chi connectivity index (χ4n) is 2.79. The number of fused-ring (bicyclic) bond motifs is 1. The number of Topliss-reactive ketones (excluding diaryl/α,β-unsaturated/α-hetero) is 1. The van der Waals surface area contributed by atoms with E-state index in [1.807, 2.05) is 31.4 Å². The molecule has 4 rings (SSSR count). The highest BCUT2D eigenvalue weighted by molar-refractivity contribution is 7.17. The molecule has 0 aliphatic heterocycles. The molecule has 0 aliphatic rings. The quantitative estimate of drug-likeness (QED) is 0.483. The normalized spacial score (nSPS) is 11.3. The van der Waals surface area contributed by atoms with Crippen LogP contribution < -0.4 is 5.32 Å². The van der Waals surface area contributed by atoms with E-state index >= 15 is 0 Å². The summed E-state index contributed by atoms with van der Waals surface area (Å²) in [6.45, 7) is 5.51. The van der Waals surface area contributed by atoms with Crippen molar-refractivity contribution >= 4 is 50.5 Å². The zero-order valence-corrected chi connectivity index (χ0v) is 17.1. The number of carbonyl (C=O) groups excluding carboxylic acids is 2. The molecule has 1 amide bonds. The summed E-state index contributed by atoms with van der Waals surface area (Å²) >= 11 is 2.72. The lowest BCUT2D eigenvalue weighted by molar-refractivity contribution is 0.101. The molecule has 28 heavy (non-hydrogen) atoms. The molecule has 0 spiro atoms. The van der Waals surface area contributed by atoms with E-state index in [2.05, 4.69) is 15.4 Å². The van der Waals surface area contributed by atoms with Gasteiger partial charge in [-0.05, 0) is 31.4 Å². The summed E-state index contributed by atoms with van der Waals surface area (Å²) in [5.74, 6) is -0.388. The molecular formula is C19H17N5O2S2. The minimum Gasteiger partial charge on any atom is -0.298 e. The maximum atomic E-state index is 13.0. The van der Waals surface area contributed by atoms with Crippen molar-refractivity contribution in [3.05, 3.63) is 46.4 Å². The Morgan fingerprint density at radius 3 is 2.71 bits per heavy atom. The Bertz CT molecular complexity index is 1170. The number of nitrogens with zero attached hydrogens (tertiary/aromatic N) is 4. The monoisotopic (exact) mass is 411 g/mol. The molecule has 0 saturated carbocycles. The van der Waals surface area contributed by atoms with E-state index in [0.29, 0.717) is 26.6 Å². The lowest BCUT2D eigenvalue weighted by atomic mass is 10.1. The van der Waals surface area contributed by atoms with Gasteiger partial charge in [-0.3, -0.25) is 14.9 Å². The number of hydrogen-bond acceptors (Lipinski definition) is 7. The van der Waals surface area contributed by atoms with E-state index < -0.39 is 0 Å². The zero-order chi connectivity index (χ0) is 19.8. The predicted octanol–water partition coefficient (Wildman–Crippen LogP) is 4.65. The van der Waals surface area contributed by atoms with Crippen LogP contribution in [-0.4, -0.2) is 31.4 Å². The molecular weight excluding hydrogens is 394 g/mol. The molecule has 0 aliphatic carbocycles. The minimum absolute atomic E-state index is 0.0810. The number of ketones is 1. The minimum atomic E-state index is -0.307. The van der Waals surface area contributed by atoms with Gasteiger partial charge in [0.1, 0.15) is 0 Å². The molecule has 142 valence electrons. The van der Waals surface area contributed by atoms with Crippen molar-refractivity contribution in [1.29, 1.82) is 0 Å². The Labute approximate surface area is 169 Å². The van der Waals surface area contributed by atoms with Gasteiger partial charge in [-0.25, -0.2) is 14.6 Å². The number of rotatable bonds is 5. The Morgan fingerprint density at radius 2 is 2.07 bits per heavy atom. The van der Waals surface area contributed by atoms with Crippen molar-refractivity contribution in [2.45, 2.75) is 26.8 Å². The maximum absolute atomic E-state index is 13.0. The third-order valence-corrected chi connectivity index (χ3v) is 6.05. The first-order valence-corrected chi connectivity index (χ1v) is 10.3. The number of thiazole rings is 1. The van der Waals surface area contributed by atoms with Crippen LogP contribution in [0.5, 0.6) is 0 Å². The number of thiophene rings is 1. The molecule has 7 nitrogen and oxygen atoms in total. The standard InChI is InChI=1S/C19H17N5O2S2/c1-10(2)24-17-13(8-21-24)12(7-14(22-17)15-5-4-6-27-15)18(26)23-19-20-9-16(28-19)11(3)25/h4-10H,1-3H3,(H,20,23,26). The SMILES string of the molecule is CC(=O)c1cnc(NC(=O)c2cc(-c3cccs3)nc3c2cnn3C(C)C)s1. The van der Waals surface area contributed by atoms with Crippen LogP contribution in [0.3, 0.4) is 0 Å². The third kappa shape index (κ3) is 3.34. The van der Waals surface area contributed by atoms with Crippen molar-refractivity contribution in [1.82, 2.24) is 19.7 Å². The fourth-order valence-corrected chi connectivity index (χ4v) is 4.19. The van der Waals surface area contributed by atoms with Crippen molar-refractivity contribution < 1.29 is 9.59 Å². The van der Waals surface area contributed by atoms with Crippen LogP contribution in [0.4, 0.5) is 5.13 Å². The molecule has 0 aromatic carbocycles. The van der Waals surface area contributed by atoms with Crippen LogP contribution in [0.15, 0.2) is 36.0 Å². The van der Waals surface area contributed by atoms with Gasteiger partial charge in [0, 0.05) is 13.0 Å². The molecule has 9 heteroatoms. The van der Waals surface area contributed by atoms with Gasteiger partial charge in [0.15, 0.2) is 16.6 Å².